The summed E-state index contributed by atoms with van der Waals surface area (Å²) in [4.78, 5) is 27.0. The van der Waals surface area contributed by atoms with E-state index >= 15 is 0 Å². The zero-order chi connectivity index (χ0) is 23.4. The fourth-order valence-corrected chi connectivity index (χ4v) is 4.77. The van der Waals surface area contributed by atoms with Gasteiger partial charge in [-0.1, -0.05) is 73.4 Å². The summed E-state index contributed by atoms with van der Waals surface area (Å²) >= 11 is 6.76. The maximum Gasteiger partial charge on any atom is 0.338 e. The number of benzene rings is 2. The summed E-state index contributed by atoms with van der Waals surface area (Å²) in [7, 11) is 0. The van der Waals surface area contributed by atoms with Crippen molar-refractivity contribution in [2.24, 2.45) is 0 Å². The maximum atomic E-state index is 13.0. The van der Waals surface area contributed by atoms with Crippen LogP contribution in [-0.2, 0) is 9.53 Å². The van der Waals surface area contributed by atoms with E-state index in [1.54, 1.807) is 42.2 Å². The van der Waals surface area contributed by atoms with Gasteiger partial charge < -0.3 is 9.15 Å². The molecule has 0 bridgehead atoms. The van der Waals surface area contributed by atoms with Gasteiger partial charge in [-0.05, 0) is 42.7 Å². The average molecular weight is 478 g/mol. The lowest BCUT2D eigenvalue weighted by Crippen LogP contribution is -2.31. The Morgan fingerprint density at radius 3 is 2.55 bits per heavy atom. The van der Waals surface area contributed by atoms with E-state index in [9.17, 15) is 9.59 Å². The van der Waals surface area contributed by atoms with Gasteiger partial charge in [-0.2, -0.15) is 0 Å². The van der Waals surface area contributed by atoms with Crippen LogP contribution < -0.4 is 0 Å². The monoisotopic (exact) mass is 477 g/mol. The fraction of sp³-hybridized carbons (Fsp3) is 0.192. The summed E-state index contributed by atoms with van der Waals surface area (Å²) in [5, 5.41) is 0. The van der Waals surface area contributed by atoms with Crippen LogP contribution in [-0.4, -0.2) is 34.2 Å². The molecule has 1 aliphatic heterocycles. The first-order valence-corrected chi connectivity index (χ1v) is 11.9. The molecule has 0 aliphatic carbocycles. The van der Waals surface area contributed by atoms with Crippen LogP contribution in [0.25, 0.3) is 17.4 Å². The molecule has 0 spiro atoms. The molecule has 1 fully saturated rings. The number of hydrogen-bond donors (Lipinski definition) is 0. The summed E-state index contributed by atoms with van der Waals surface area (Å²) in [6.07, 6.45) is 1.73. The molecule has 1 unspecified atom stereocenters. The molecule has 1 atom stereocenters. The van der Waals surface area contributed by atoms with Crippen LogP contribution in [0.1, 0.15) is 41.4 Å². The number of ether oxygens (including phenoxy) is 1. The van der Waals surface area contributed by atoms with Gasteiger partial charge in [0.05, 0.1) is 17.1 Å². The largest absolute Gasteiger partial charge is 0.462 e. The number of carbonyl (C=O) groups excluding carboxylic acids is 2. The number of hydrogen-bond acceptors (Lipinski definition) is 6. The smallest absolute Gasteiger partial charge is 0.338 e. The molecule has 2 aromatic carbocycles. The molecule has 0 saturated carbocycles. The Morgan fingerprint density at radius 1 is 1.12 bits per heavy atom. The van der Waals surface area contributed by atoms with Crippen molar-refractivity contribution in [3.8, 4) is 11.3 Å². The van der Waals surface area contributed by atoms with Gasteiger partial charge in [0.15, 0.2) is 0 Å². The first-order valence-electron chi connectivity index (χ1n) is 10.6. The second-order valence-electron chi connectivity index (χ2n) is 7.60. The van der Waals surface area contributed by atoms with Gasteiger partial charge in [0.1, 0.15) is 15.8 Å². The predicted octanol–water partition coefficient (Wildman–Crippen LogP) is 6.13. The third-order valence-electron chi connectivity index (χ3n) is 5.28. The first-order chi connectivity index (χ1) is 16.0. The lowest BCUT2D eigenvalue weighted by molar-refractivity contribution is -0.122. The van der Waals surface area contributed by atoms with E-state index in [1.807, 2.05) is 30.3 Å². The third-order valence-corrected chi connectivity index (χ3v) is 6.66. The normalized spacial score (nSPS) is 15.8. The standard InChI is InChI=1S/C26H23NO4S2/c1-3-30-25(29)20-11-9-19(10-12-20)22-14-13-21(31-22)15-23-24(28)27(26(32)33-23)16-17(2)18-7-5-4-6-8-18/h4-15,17H,3,16H2,1-2H3/b23-15-. The molecule has 1 amide bonds. The van der Waals surface area contributed by atoms with Crippen LogP contribution in [0.3, 0.4) is 0 Å². The summed E-state index contributed by atoms with van der Waals surface area (Å²) in [6.45, 7) is 4.72. The predicted molar refractivity (Wildman–Crippen MR) is 135 cm³/mol. The molecular formula is C26H23NO4S2. The molecule has 33 heavy (non-hydrogen) atoms. The van der Waals surface area contributed by atoms with Gasteiger partial charge in [-0.15, -0.1) is 0 Å². The van der Waals surface area contributed by atoms with Gasteiger partial charge in [-0.25, -0.2) is 4.79 Å². The van der Waals surface area contributed by atoms with Gasteiger partial charge in [0.2, 0.25) is 0 Å². The number of amides is 1. The zero-order valence-electron chi connectivity index (χ0n) is 18.3. The Labute approximate surface area is 202 Å². The molecule has 0 N–H and O–H groups in total. The van der Waals surface area contributed by atoms with Crippen molar-refractivity contribution in [3.05, 3.63) is 88.5 Å². The van der Waals surface area contributed by atoms with E-state index in [-0.39, 0.29) is 17.8 Å². The van der Waals surface area contributed by atoms with E-state index in [2.05, 4.69) is 19.1 Å². The first kappa shape index (κ1) is 23.0. The van der Waals surface area contributed by atoms with Crippen LogP contribution in [0.15, 0.2) is 76.1 Å². The Balaban J connectivity index is 1.46. The number of furan rings is 1. The number of thiocarbonyl (C=S) groups is 1. The lowest BCUT2D eigenvalue weighted by Gasteiger charge is -2.20. The molecule has 4 rings (SSSR count). The van der Waals surface area contributed by atoms with Crippen molar-refractivity contribution in [3.63, 3.8) is 0 Å². The van der Waals surface area contributed by atoms with Crippen LogP contribution in [0, 0.1) is 0 Å². The number of rotatable bonds is 7. The zero-order valence-corrected chi connectivity index (χ0v) is 19.9. The van der Waals surface area contributed by atoms with Crippen LogP contribution in [0.4, 0.5) is 0 Å². The summed E-state index contributed by atoms with van der Waals surface area (Å²) in [5.74, 6) is 0.916. The second kappa shape index (κ2) is 10.2. The molecule has 1 aliphatic rings. The molecule has 5 nitrogen and oxygen atoms in total. The highest BCUT2D eigenvalue weighted by Crippen LogP contribution is 2.35. The number of carbonyl (C=O) groups is 2. The molecule has 168 valence electrons. The SMILES string of the molecule is CCOC(=O)c1ccc(-c2ccc(/C=C3\SC(=S)N(CC(C)c4ccccc4)C3=O)o2)cc1. The Bertz CT molecular complexity index is 1200. The van der Waals surface area contributed by atoms with Crippen molar-refractivity contribution in [1.29, 1.82) is 0 Å². The van der Waals surface area contributed by atoms with E-state index in [0.717, 1.165) is 5.56 Å². The minimum absolute atomic E-state index is 0.107. The molecule has 0 radical (unpaired) electrons. The van der Waals surface area contributed by atoms with Gasteiger partial charge in [0, 0.05) is 18.2 Å². The molecule has 7 heteroatoms. The topological polar surface area (TPSA) is 59.8 Å². The van der Waals surface area contributed by atoms with Gasteiger partial charge in [-0.3, -0.25) is 9.69 Å². The van der Waals surface area contributed by atoms with Crippen LogP contribution >= 0.6 is 24.0 Å². The number of thioether (sulfide) groups is 1. The van der Waals surface area contributed by atoms with Crippen LogP contribution in [0.2, 0.25) is 0 Å². The van der Waals surface area contributed by atoms with Crippen molar-refractivity contribution in [2.45, 2.75) is 19.8 Å². The van der Waals surface area contributed by atoms with E-state index in [0.29, 0.717) is 39.5 Å². The van der Waals surface area contributed by atoms with Gasteiger partial charge >= 0.3 is 5.97 Å². The highest BCUT2D eigenvalue weighted by molar-refractivity contribution is 8.26. The lowest BCUT2D eigenvalue weighted by atomic mass is 10.0. The quantitative estimate of drug-likeness (QED) is 0.232. The Hall–Kier alpha value is -3.16. The molecule has 1 aromatic heterocycles. The van der Waals surface area contributed by atoms with E-state index in [1.165, 1.54) is 17.3 Å². The second-order valence-corrected chi connectivity index (χ2v) is 9.28. The maximum absolute atomic E-state index is 13.0. The molecule has 2 heterocycles. The van der Waals surface area contributed by atoms with E-state index in [4.69, 9.17) is 21.4 Å². The summed E-state index contributed by atoms with van der Waals surface area (Å²) < 4.78 is 11.5. The molecule has 3 aromatic rings. The van der Waals surface area contributed by atoms with Crippen LogP contribution in [0.5, 0.6) is 0 Å². The summed E-state index contributed by atoms with van der Waals surface area (Å²) in [6, 6.07) is 20.7. The van der Waals surface area contributed by atoms with Crippen molar-refractivity contribution in [1.82, 2.24) is 4.90 Å². The average Bonchev–Trinajstić information content (AvgIpc) is 3.40. The Kier molecular flexibility index (Phi) is 7.11. The highest BCUT2D eigenvalue weighted by Gasteiger charge is 2.33. The fourth-order valence-electron chi connectivity index (χ4n) is 3.52. The van der Waals surface area contributed by atoms with Crippen molar-refractivity contribution >= 4 is 46.3 Å². The van der Waals surface area contributed by atoms with Crippen molar-refractivity contribution < 1.29 is 18.7 Å². The van der Waals surface area contributed by atoms with Gasteiger partial charge in [0.25, 0.3) is 5.91 Å². The Morgan fingerprint density at radius 2 is 1.85 bits per heavy atom. The highest BCUT2D eigenvalue weighted by atomic mass is 32.2. The summed E-state index contributed by atoms with van der Waals surface area (Å²) in [5.41, 5.74) is 2.48. The number of esters is 1. The molecular weight excluding hydrogens is 454 g/mol. The van der Waals surface area contributed by atoms with Crippen molar-refractivity contribution in [2.75, 3.05) is 13.2 Å². The number of nitrogens with zero attached hydrogens (tertiary/aromatic N) is 1. The minimum atomic E-state index is -0.354. The van der Waals surface area contributed by atoms with E-state index < -0.39 is 0 Å². The minimum Gasteiger partial charge on any atom is -0.462 e. The third kappa shape index (κ3) is 5.26. The molecule has 1 saturated heterocycles.